The maximum Gasteiger partial charge on any atom is 0.389 e. The van der Waals surface area contributed by atoms with E-state index < -0.39 is 22.7 Å². The van der Waals surface area contributed by atoms with Crippen LogP contribution >= 0.6 is 0 Å². The molecule has 0 atom stereocenters. The van der Waals surface area contributed by atoms with Crippen molar-refractivity contribution in [2.24, 2.45) is 0 Å². The quantitative estimate of drug-likeness (QED) is 0.0792. The molecule has 10 heteroatoms. The first kappa shape index (κ1) is 36.1. The summed E-state index contributed by atoms with van der Waals surface area (Å²) in [6.07, 6.45) is -5.33. The number of halogens is 3. The third-order valence-corrected chi connectivity index (χ3v) is 9.82. The van der Waals surface area contributed by atoms with Crippen molar-refractivity contribution in [3.63, 3.8) is 0 Å². The second-order valence-corrected chi connectivity index (χ2v) is 13.3. The van der Waals surface area contributed by atoms with Gasteiger partial charge in [0, 0.05) is 67.5 Å². The minimum atomic E-state index is -4.53. The zero-order valence-corrected chi connectivity index (χ0v) is 28.9. The lowest BCUT2D eigenvalue weighted by Gasteiger charge is -2.28. The number of benzene rings is 4. The van der Waals surface area contributed by atoms with Crippen molar-refractivity contribution in [2.75, 3.05) is 47.8 Å². The molecule has 0 unspecified atom stereocenters. The van der Waals surface area contributed by atoms with Gasteiger partial charge in [0.25, 0.3) is 10.1 Å². The first-order valence-electron chi connectivity index (χ1n) is 16.3. The largest absolute Gasteiger partial charge is 0.389 e. The van der Waals surface area contributed by atoms with Crippen molar-refractivity contribution < 1.29 is 26.1 Å². The number of hydrogen-bond donors (Lipinski definition) is 2. The van der Waals surface area contributed by atoms with E-state index in [0.717, 1.165) is 70.8 Å². The van der Waals surface area contributed by atoms with Crippen molar-refractivity contribution in [3.8, 4) is 0 Å². The van der Waals surface area contributed by atoms with Crippen LogP contribution in [-0.4, -0.2) is 51.9 Å². The van der Waals surface area contributed by atoms with Crippen molar-refractivity contribution in [1.82, 2.24) is 0 Å². The van der Waals surface area contributed by atoms with Gasteiger partial charge < -0.3 is 15.1 Å². The Morgan fingerprint density at radius 1 is 0.723 bits per heavy atom. The second kappa shape index (κ2) is 15.0. The predicted octanol–water partition coefficient (Wildman–Crippen LogP) is 9.33. The zero-order chi connectivity index (χ0) is 34.5. The highest BCUT2D eigenvalue weighted by Crippen LogP contribution is 2.42. The van der Waals surface area contributed by atoms with E-state index in [-0.39, 0.29) is 23.8 Å². The molecule has 47 heavy (non-hydrogen) atoms. The van der Waals surface area contributed by atoms with Crippen LogP contribution in [0.1, 0.15) is 74.3 Å². The molecule has 0 aliphatic rings. The third kappa shape index (κ3) is 8.40. The molecule has 0 bridgehead atoms. The molecular weight excluding hydrogens is 623 g/mol. The first-order chi connectivity index (χ1) is 22.2. The Morgan fingerprint density at radius 3 is 1.68 bits per heavy atom. The molecule has 4 rings (SSSR count). The SMILES string of the molecule is CCN(CC)c1ccc(C(c2ccc(N(CC)CC)cc2C)c2ccc(NCCCC(F)(F)F)c3cc(S(=O)(=O)O)ccc23)c(C)c1. The van der Waals surface area contributed by atoms with Gasteiger partial charge in [-0.05, 0) is 124 Å². The van der Waals surface area contributed by atoms with Crippen LogP contribution in [0, 0.1) is 13.8 Å². The Morgan fingerprint density at radius 2 is 1.23 bits per heavy atom. The average Bonchev–Trinajstić information content (AvgIpc) is 3.01. The van der Waals surface area contributed by atoms with Gasteiger partial charge in [-0.25, -0.2) is 0 Å². The van der Waals surface area contributed by atoms with Crippen LogP contribution < -0.4 is 15.1 Å². The average molecular weight is 670 g/mol. The zero-order valence-electron chi connectivity index (χ0n) is 28.1. The van der Waals surface area contributed by atoms with Crippen molar-refractivity contribution >= 4 is 38.0 Å². The summed E-state index contributed by atoms with van der Waals surface area (Å²) < 4.78 is 72.8. The van der Waals surface area contributed by atoms with Gasteiger partial charge in [0.15, 0.2) is 0 Å². The highest BCUT2D eigenvalue weighted by Gasteiger charge is 2.27. The van der Waals surface area contributed by atoms with Crippen LogP contribution in [0.3, 0.4) is 0 Å². The Labute approximate surface area is 277 Å². The van der Waals surface area contributed by atoms with E-state index in [0.29, 0.717) is 11.1 Å². The van der Waals surface area contributed by atoms with Gasteiger partial charge in [-0.15, -0.1) is 0 Å². The molecule has 0 heterocycles. The summed E-state index contributed by atoms with van der Waals surface area (Å²) in [6, 6.07) is 21.2. The molecule has 0 spiro atoms. The van der Waals surface area contributed by atoms with Crippen molar-refractivity contribution in [3.05, 3.63) is 94.5 Å². The van der Waals surface area contributed by atoms with Gasteiger partial charge in [0.2, 0.25) is 0 Å². The molecule has 2 N–H and O–H groups in total. The Bertz CT molecular complexity index is 1740. The first-order valence-corrected chi connectivity index (χ1v) is 17.7. The van der Waals surface area contributed by atoms with E-state index in [9.17, 15) is 26.1 Å². The van der Waals surface area contributed by atoms with Gasteiger partial charge in [0.05, 0.1) is 4.90 Å². The molecule has 0 radical (unpaired) electrons. The summed E-state index contributed by atoms with van der Waals surface area (Å²) in [5, 5.41) is 4.33. The molecule has 0 aliphatic heterocycles. The maximum atomic E-state index is 12.8. The summed E-state index contributed by atoms with van der Waals surface area (Å²) in [6.45, 7) is 16.3. The van der Waals surface area contributed by atoms with E-state index in [1.54, 1.807) is 12.1 Å². The molecule has 0 fully saturated rings. The summed E-state index contributed by atoms with van der Waals surface area (Å²) in [5.41, 5.74) is 8.05. The molecular formula is C37H46F3N3O3S. The highest BCUT2D eigenvalue weighted by molar-refractivity contribution is 7.85. The Kier molecular flexibility index (Phi) is 11.5. The van der Waals surface area contributed by atoms with E-state index in [1.807, 2.05) is 6.07 Å². The van der Waals surface area contributed by atoms with Crippen LogP contribution in [0.25, 0.3) is 10.8 Å². The summed E-state index contributed by atoms with van der Waals surface area (Å²) >= 11 is 0. The standard InChI is InChI=1S/C37H46F3N3O3S/c1-7-42(8-2)27-12-15-30(25(5)22-27)36(31-16-13-28(23-26(31)6)43(9-3)10-4)33-18-19-35(41-21-11-20-37(38,39)40)34-24-29(47(44,45)46)14-17-32(33)34/h12-19,22-24,36,41H,7-11,20-21H2,1-6H3,(H,44,45,46). The normalized spacial score (nSPS) is 12.1. The number of hydrogen-bond acceptors (Lipinski definition) is 5. The molecule has 0 aliphatic carbocycles. The molecule has 0 amide bonds. The van der Waals surface area contributed by atoms with Gasteiger partial charge in [-0.1, -0.05) is 24.3 Å². The van der Waals surface area contributed by atoms with E-state index >= 15 is 0 Å². The van der Waals surface area contributed by atoms with E-state index in [4.69, 9.17) is 0 Å². The van der Waals surface area contributed by atoms with Crippen LogP contribution in [0.5, 0.6) is 0 Å². The Balaban J connectivity index is 1.96. The van der Waals surface area contributed by atoms with Gasteiger partial charge in [-0.2, -0.15) is 21.6 Å². The van der Waals surface area contributed by atoms with Crippen LogP contribution in [-0.2, 0) is 10.1 Å². The summed E-state index contributed by atoms with van der Waals surface area (Å²) in [4.78, 5) is 4.31. The number of anilines is 3. The second-order valence-electron chi connectivity index (χ2n) is 11.9. The highest BCUT2D eigenvalue weighted by atomic mass is 32.2. The summed E-state index contributed by atoms with van der Waals surface area (Å²) in [7, 11) is -4.53. The number of nitrogens with one attached hydrogen (secondary N) is 1. The fourth-order valence-corrected chi connectivity index (χ4v) is 6.98. The minimum absolute atomic E-state index is 0.0470. The van der Waals surface area contributed by atoms with Gasteiger partial charge in [-0.3, -0.25) is 4.55 Å². The van der Waals surface area contributed by atoms with Gasteiger partial charge in [0.1, 0.15) is 0 Å². The topological polar surface area (TPSA) is 72.9 Å². The molecule has 0 aromatic heterocycles. The molecule has 4 aromatic carbocycles. The lowest BCUT2D eigenvalue weighted by atomic mass is 9.79. The molecule has 6 nitrogen and oxygen atoms in total. The van der Waals surface area contributed by atoms with Crippen LogP contribution in [0.2, 0.25) is 0 Å². The van der Waals surface area contributed by atoms with E-state index in [1.165, 1.54) is 12.1 Å². The van der Waals surface area contributed by atoms with Crippen LogP contribution in [0.4, 0.5) is 30.2 Å². The smallest absolute Gasteiger partial charge is 0.385 e. The number of nitrogens with zero attached hydrogens (tertiary/aromatic N) is 2. The summed E-state index contributed by atoms with van der Waals surface area (Å²) in [5.74, 6) is -0.245. The monoisotopic (exact) mass is 669 g/mol. The predicted molar refractivity (Wildman–Crippen MR) is 188 cm³/mol. The number of alkyl halides is 3. The number of fused-ring (bicyclic) bond motifs is 1. The third-order valence-electron chi connectivity index (χ3n) is 8.97. The fourth-order valence-electron chi connectivity index (χ4n) is 6.47. The van der Waals surface area contributed by atoms with Gasteiger partial charge >= 0.3 is 6.18 Å². The lowest BCUT2D eigenvalue weighted by molar-refractivity contribution is -0.134. The molecule has 4 aromatic rings. The number of rotatable bonds is 14. The number of aryl methyl sites for hydroxylation is 2. The van der Waals surface area contributed by atoms with Crippen LogP contribution in [0.15, 0.2) is 71.6 Å². The Hall–Kier alpha value is -3.76. The fraction of sp³-hybridized carbons (Fsp3) is 0.405. The molecule has 0 saturated heterocycles. The molecule has 0 saturated carbocycles. The minimum Gasteiger partial charge on any atom is -0.385 e. The maximum absolute atomic E-state index is 12.8. The van der Waals surface area contributed by atoms with Crippen molar-refractivity contribution in [2.45, 2.75) is 71.4 Å². The van der Waals surface area contributed by atoms with E-state index in [2.05, 4.69) is 93.1 Å². The lowest BCUT2D eigenvalue weighted by Crippen LogP contribution is -2.22. The molecule has 254 valence electrons. The van der Waals surface area contributed by atoms with Crippen molar-refractivity contribution in [1.29, 1.82) is 0 Å².